The van der Waals surface area contributed by atoms with Crippen molar-refractivity contribution in [2.75, 3.05) is 19.6 Å². The van der Waals surface area contributed by atoms with Gasteiger partial charge in [-0.25, -0.2) is 4.79 Å². The maximum absolute atomic E-state index is 11.6. The molecule has 26 heavy (non-hydrogen) atoms. The Morgan fingerprint density at radius 3 is 1.35 bits per heavy atom. The van der Waals surface area contributed by atoms with Crippen molar-refractivity contribution in [1.82, 2.24) is 0 Å². The molecule has 0 aromatic rings. The number of carbonyl (C=O) groups excluding carboxylic acids is 1. The number of unbranched alkanes of at least 4 members (excludes halogenated alkanes) is 14. The van der Waals surface area contributed by atoms with Crippen LogP contribution in [0.3, 0.4) is 0 Å². The van der Waals surface area contributed by atoms with Crippen LogP contribution in [0.1, 0.15) is 129 Å². The van der Waals surface area contributed by atoms with E-state index in [1.807, 2.05) is 0 Å². The Labute approximate surface area is 164 Å². The van der Waals surface area contributed by atoms with E-state index in [0.717, 1.165) is 24.1 Å². The summed E-state index contributed by atoms with van der Waals surface area (Å²) in [7, 11) is 0. The monoisotopic (exact) mass is 366 g/mol. The van der Waals surface area contributed by atoms with Gasteiger partial charge >= 0.3 is 6.41 Å². The summed E-state index contributed by atoms with van der Waals surface area (Å²) >= 11 is 0. The maximum atomic E-state index is 11.6. The van der Waals surface area contributed by atoms with Gasteiger partial charge in [0.25, 0.3) is 0 Å². The van der Waals surface area contributed by atoms with Gasteiger partial charge in [-0.3, -0.25) is 4.48 Å². The molecule has 0 aromatic carbocycles. The molecule has 0 spiro atoms. The van der Waals surface area contributed by atoms with Crippen molar-refractivity contribution in [3.05, 3.63) is 0 Å². The van der Waals surface area contributed by atoms with E-state index in [-0.39, 0.29) is 0 Å². The Morgan fingerprint density at radius 1 is 0.577 bits per heavy atom. The highest BCUT2D eigenvalue weighted by atomic mass is 16.1. The zero-order valence-electron chi connectivity index (χ0n) is 18.0. The molecule has 0 aliphatic carbocycles. The molecule has 0 aromatic heterocycles. The Balaban J connectivity index is 1.84. The second kappa shape index (κ2) is 16.8. The molecule has 2 nitrogen and oxygen atoms in total. The van der Waals surface area contributed by atoms with Crippen LogP contribution in [0.15, 0.2) is 0 Å². The number of quaternary nitrogens is 1. The lowest BCUT2D eigenvalue weighted by Gasteiger charge is -2.30. The molecule has 1 rings (SSSR count). The summed E-state index contributed by atoms with van der Waals surface area (Å²) in [6.45, 7) is 5.59. The molecule has 2 heteroatoms. The van der Waals surface area contributed by atoms with Gasteiger partial charge < -0.3 is 0 Å². The molecule has 0 saturated carbocycles. The third-order valence-electron chi connectivity index (χ3n) is 6.39. The van der Waals surface area contributed by atoms with E-state index in [9.17, 15) is 4.79 Å². The molecule has 1 heterocycles. The van der Waals surface area contributed by atoms with E-state index >= 15 is 0 Å². The van der Waals surface area contributed by atoms with E-state index in [4.69, 9.17) is 0 Å². The van der Waals surface area contributed by atoms with Gasteiger partial charge in [0.05, 0.1) is 19.6 Å². The summed E-state index contributed by atoms with van der Waals surface area (Å²) in [6, 6.07) is 0. The first-order chi connectivity index (χ1) is 12.8. The van der Waals surface area contributed by atoms with E-state index in [1.54, 1.807) is 0 Å². The van der Waals surface area contributed by atoms with E-state index < -0.39 is 0 Å². The van der Waals surface area contributed by atoms with Gasteiger partial charge in [0, 0.05) is 0 Å². The van der Waals surface area contributed by atoms with Gasteiger partial charge in [-0.15, -0.1) is 0 Å². The molecule has 1 aliphatic rings. The quantitative estimate of drug-likeness (QED) is 0.149. The van der Waals surface area contributed by atoms with Crippen LogP contribution in [0.4, 0.5) is 0 Å². The van der Waals surface area contributed by atoms with E-state index in [0.29, 0.717) is 0 Å². The predicted molar refractivity (Wildman–Crippen MR) is 114 cm³/mol. The summed E-state index contributed by atoms with van der Waals surface area (Å²) in [5.74, 6) is 0. The second-order valence-electron chi connectivity index (χ2n) is 8.86. The summed E-state index contributed by atoms with van der Waals surface area (Å²) in [6.07, 6.45) is 27.6. The molecular weight excluding hydrogens is 318 g/mol. The number of amides is 1. The SMILES string of the molecule is CCCCCCCCCCCCCCCCC[N+]1(C=O)CCCCCC1. The van der Waals surface area contributed by atoms with Gasteiger partial charge in [0.2, 0.25) is 0 Å². The van der Waals surface area contributed by atoms with Gasteiger partial charge in [0.15, 0.2) is 0 Å². The van der Waals surface area contributed by atoms with Crippen molar-refractivity contribution >= 4 is 6.41 Å². The number of rotatable bonds is 17. The maximum Gasteiger partial charge on any atom is 0.301 e. The molecule has 0 radical (unpaired) electrons. The minimum Gasteiger partial charge on any atom is -0.263 e. The minimum atomic E-state index is 0.762. The van der Waals surface area contributed by atoms with E-state index in [2.05, 4.69) is 6.92 Å². The van der Waals surface area contributed by atoms with Crippen LogP contribution in [0, 0.1) is 0 Å². The topological polar surface area (TPSA) is 17.1 Å². The average Bonchev–Trinajstić information content (AvgIpc) is 2.91. The summed E-state index contributed by atoms with van der Waals surface area (Å²) < 4.78 is 0.762. The van der Waals surface area contributed by atoms with Crippen LogP contribution in [0.5, 0.6) is 0 Å². The first kappa shape index (κ1) is 23.7. The van der Waals surface area contributed by atoms with Crippen LogP contribution < -0.4 is 0 Å². The number of likely N-dealkylation sites (tertiary alicyclic amines) is 1. The fourth-order valence-electron chi connectivity index (χ4n) is 4.50. The van der Waals surface area contributed by atoms with Gasteiger partial charge in [0.1, 0.15) is 0 Å². The molecule has 0 N–H and O–H groups in total. The molecule has 0 atom stereocenters. The standard InChI is InChI=1S/C24H48NO/c1-2-3-4-5-6-7-8-9-10-11-12-13-14-15-18-21-25(24-26)22-19-16-17-20-23-25/h24H,2-23H2,1H3/q+1. The van der Waals surface area contributed by atoms with Gasteiger partial charge in [-0.05, 0) is 38.5 Å². The van der Waals surface area contributed by atoms with Crippen molar-refractivity contribution in [3.8, 4) is 0 Å². The molecule has 0 unspecified atom stereocenters. The van der Waals surface area contributed by atoms with Gasteiger partial charge in [-0.2, -0.15) is 0 Å². The summed E-state index contributed by atoms with van der Waals surface area (Å²) in [5.41, 5.74) is 0. The molecular formula is C24H48NO+. The summed E-state index contributed by atoms with van der Waals surface area (Å²) in [5, 5.41) is 0. The van der Waals surface area contributed by atoms with Crippen LogP contribution in [-0.4, -0.2) is 30.5 Å². The van der Waals surface area contributed by atoms with Crippen LogP contribution in [0.25, 0.3) is 0 Å². The zero-order valence-corrected chi connectivity index (χ0v) is 18.0. The molecule has 1 aliphatic heterocycles. The van der Waals surface area contributed by atoms with Crippen LogP contribution in [0.2, 0.25) is 0 Å². The first-order valence-electron chi connectivity index (χ1n) is 12.1. The smallest absolute Gasteiger partial charge is 0.263 e. The highest BCUT2D eigenvalue weighted by Gasteiger charge is 2.27. The third-order valence-corrected chi connectivity index (χ3v) is 6.39. The second-order valence-corrected chi connectivity index (χ2v) is 8.86. The van der Waals surface area contributed by atoms with Crippen molar-refractivity contribution in [1.29, 1.82) is 0 Å². The number of nitrogens with zero attached hydrogens (tertiary/aromatic N) is 1. The molecule has 1 saturated heterocycles. The average molecular weight is 367 g/mol. The minimum absolute atomic E-state index is 0.762. The Bertz CT molecular complexity index is 307. The van der Waals surface area contributed by atoms with Crippen molar-refractivity contribution in [2.24, 2.45) is 0 Å². The Hall–Kier alpha value is -0.370. The predicted octanol–water partition coefficient (Wildman–Crippen LogP) is 7.41. The summed E-state index contributed by atoms with van der Waals surface area (Å²) in [4.78, 5) is 11.6. The first-order valence-corrected chi connectivity index (χ1v) is 12.1. The fraction of sp³-hybridized carbons (Fsp3) is 0.958. The lowest BCUT2D eigenvalue weighted by atomic mass is 10.0. The van der Waals surface area contributed by atoms with Crippen molar-refractivity contribution in [3.63, 3.8) is 0 Å². The lowest BCUT2D eigenvalue weighted by Crippen LogP contribution is -2.48. The van der Waals surface area contributed by atoms with Crippen molar-refractivity contribution in [2.45, 2.75) is 129 Å². The largest absolute Gasteiger partial charge is 0.301 e. The molecule has 1 fully saturated rings. The Kier molecular flexibility index (Phi) is 15.3. The number of hydrogen-bond acceptors (Lipinski definition) is 1. The fourth-order valence-corrected chi connectivity index (χ4v) is 4.50. The third kappa shape index (κ3) is 12.1. The zero-order chi connectivity index (χ0) is 18.8. The van der Waals surface area contributed by atoms with Crippen LogP contribution in [-0.2, 0) is 4.79 Å². The lowest BCUT2D eigenvalue weighted by molar-refractivity contribution is -0.845. The highest BCUT2D eigenvalue weighted by Crippen LogP contribution is 2.19. The number of hydrogen-bond donors (Lipinski definition) is 0. The van der Waals surface area contributed by atoms with Crippen LogP contribution >= 0.6 is 0 Å². The molecule has 0 bridgehead atoms. The Morgan fingerprint density at radius 2 is 0.962 bits per heavy atom. The van der Waals surface area contributed by atoms with Crippen molar-refractivity contribution < 1.29 is 9.28 Å². The highest BCUT2D eigenvalue weighted by molar-refractivity contribution is 5.37. The van der Waals surface area contributed by atoms with E-state index in [1.165, 1.54) is 128 Å². The number of carbonyl (C=O) groups is 1. The molecule has 154 valence electrons. The normalized spacial score (nSPS) is 17.1. The molecule has 1 amide bonds. The van der Waals surface area contributed by atoms with Gasteiger partial charge in [-0.1, -0.05) is 90.4 Å².